The molecule has 2 bridgehead atoms. The molecule has 2 saturated heterocycles. The number of rotatable bonds is 0. The zero-order valence-corrected chi connectivity index (χ0v) is 6.81. The van der Waals surface area contributed by atoms with Crippen LogP contribution in [0.5, 0.6) is 0 Å². The molecule has 10 heavy (non-hydrogen) atoms. The van der Waals surface area contributed by atoms with Crippen LogP contribution in [-0.4, -0.2) is 35.7 Å². The minimum atomic E-state index is 0. The summed E-state index contributed by atoms with van der Waals surface area (Å²) in [5.41, 5.74) is 0. The van der Waals surface area contributed by atoms with E-state index in [4.69, 9.17) is 0 Å². The zero-order chi connectivity index (χ0) is 6.27. The van der Waals surface area contributed by atoms with Crippen molar-refractivity contribution in [2.24, 2.45) is 5.92 Å². The highest BCUT2D eigenvalue weighted by atomic mass is 35.5. The Bertz CT molecular complexity index is 120. The van der Waals surface area contributed by atoms with Crippen LogP contribution < -0.4 is 0 Å². The maximum atomic E-state index is 9.37. The van der Waals surface area contributed by atoms with Gasteiger partial charge in [-0.15, -0.1) is 12.4 Å². The Morgan fingerprint density at radius 1 is 1.20 bits per heavy atom. The van der Waals surface area contributed by atoms with Gasteiger partial charge in [0.25, 0.3) is 0 Å². The zero-order valence-electron chi connectivity index (χ0n) is 5.99. The molecule has 3 atom stereocenters. The second-order valence-electron chi connectivity index (χ2n) is 3.21. The van der Waals surface area contributed by atoms with Crippen LogP contribution in [0.25, 0.3) is 0 Å². The fourth-order valence-corrected chi connectivity index (χ4v) is 1.93. The van der Waals surface area contributed by atoms with Gasteiger partial charge in [-0.1, -0.05) is 0 Å². The second kappa shape index (κ2) is 3.07. The minimum Gasteiger partial charge on any atom is -0.393 e. The molecular formula is C7H14ClNO. The van der Waals surface area contributed by atoms with E-state index in [-0.39, 0.29) is 18.5 Å². The van der Waals surface area contributed by atoms with Crippen LogP contribution in [0, 0.1) is 5.92 Å². The molecule has 2 heterocycles. The molecule has 3 heteroatoms. The van der Waals surface area contributed by atoms with Crippen molar-refractivity contribution in [2.75, 3.05) is 19.6 Å². The normalized spacial score (nSPS) is 44.7. The highest BCUT2D eigenvalue weighted by molar-refractivity contribution is 5.85. The first kappa shape index (κ1) is 8.31. The predicted molar refractivity (Wildman–Crippen MR) is 42.4 cm³/mol. The molecule has 0 aromatic carbocycles. The standard InChI is InChI=1S/C7H13NO.ClH/c9-7-2-4-8-3-1-6(7)5-8;/h6-7,9H,1-5H2;1H. The second-order valence-corrected chi connectivity index (χ2v) is 3.21. The number of hydrogen-bond donors (Lipinski definition) is 1. The number of fused-ring (bicyclic) bond motifs is 2. The van der Waals surface area contributed by atoms with Crippen molar-refractivity contribution >= 4 is 12.4 Å². The Morgan fingerprint density at radius 2 is 1.90 bits per heavy atom. The number of piperidine rings is 1. The predicted octanol–water partition coefficient (Wildman–Crippen LogP) is 0.495. The SMILES string of the molecule is Cl.OC1CCN2CCC1C2. The van der Waals surface area contributed by atoms with Gasteiger partial charge in [0.2, 0.25) is 0 Å². The van der Waals surface area contributed by atoms with Gasteiger partial charge >= 0.3 is 0 Å². The average molecular weight is 164 g/mol. The maximum Gasteiger partial charge on any atom is 0.0593 e. The lowest BCUT2D eigenvalue weighted by atomic mass is 9.97. The Hall–Kier alpha value is 0.210. The van der Waals surface area contributed by atoms with Gasteiger partial charge in [0.15, 0.2) is 0 Å². The Balaban J connectivity index is 0.000000500. The first-order valence-corrected chi connectivity index (χ1v) is 3.76. The number of halogens is 1. The number of aliphatic hydroxyl groups excluding tert-OH is 1. The fourth-order valence-electron chi connectivity index (χ4n) is 1.93. The highest BCUT2D eigenvalue weighted by Crippen LogP contribution is 2.26. The van der Waals surface area contributed by atoms with Crippen molar-refractivity contribution in [1.29, 1.82) is 0 Å². The summed E-state index contributed by atoms with van der Waals surface area (Å²) in [4.78, 5) is 2.44. The topological polar surface area (TPSA) is 23.5 Å². The molecule has 0 aromatic rings. The Labute approximate surface area is 67.6 Å². The number of aliphatic hydroxyl groups is 1. The number of nitrogens with zero attached hydrogens (tertiary/aromatic N) is 1. The molecule has 2 nitrogen and oxygen atoms in total. The van der Waals surface area contributed by atoms with E-state index in [1.54, 1.807) is 0 Å². The summed E-state index contributed by atoms with van der Waals surface area (Å²) in [6.07, 6.45) is 2.25. The molecule has 2 aliphatic heterocycles. The van der Waals surface area contributed by atoms with Crippen LogP contribution in [-0.2, 0) is 0 Å². The van der Waals surface area contributed by atoms with Crippen molar-refractivity contribution in [3.63, 3.8) is 0 Å². The molecule has 0 aliphatic carbocycles. The van der Waals surface area contributed by atoms with Crippen LogP contribution >= 0.6 is 12.4 Å². The van der Waals surface area contributed by atoms with Gasteiger partial charge in [0.1, 0.15) is 0 Å². The molecule has 60 valence electrons. The van der Waals surface area contributed by atoms with E-state index in [1.807, 2.05) is 0 Å². The lowest BCUT2D eigenvalue weighted by molar-refractivity contribution is 0.0691. The largest absolute Gasteiger partial charge is 0.393 e. The van der Waals surface area contributed by atoms with Gasteiger partial charge in [-0.2, -0.15) is 0 Å². The lowest BCUT2D eigenvalue weighted by Crippen LogP contribution is -2.34. The smallest absolute Gasteiger partial charge is 0.0593 e. The summed E-state index contributed by atoms with van der Waals surface area (Å²) in [5.74, 6) is 0.610. The highest BCUT2D eigenvalue weighted by Gasteiger charge is 2.32. The minimum absolute atomic E-state index is 0. The van der Waals surface area contributed by atoms with E-state index in [2.05, 4.69) is 4.90 Å². The van der Waals surface area contributed by atoms with E-state index in [0.29, 0.717) is 5.92 Å². The molecule has 0 spiro atoms. The van der Waals surface area contributed by atoms with Crippen molar-refractivity contribution in [1.82, 2.24) is 4.90 Å². The third-order valence-corrected chi connectivity index (χ3v) is 2.59. The summed E-state index contributed by atoms with van der Waals surface area (Å²) < 4.78 is 0. The molecule has 3 unspecified atom stereocenters. The fraction of sp³-hybridized carbons (Fsp3) is 1.00. The molecule has 1 N–H and O–H groups in total. The molecule has 0 amide bonds. The van der Waals surface area contributed by atoms with E-state index in [0.717, 1.165) is 19.5 Å². The first-order chi connectivity index (χ1) is 4.36. The van der Waals surface area contributed by atoms with Gasteiger partial charge in [0, 0.05) is 13.1 Å². The maximum absolute atomic E-state index is 9.37. The van der Waals surface area contributed by atoms with Gasteiger partial charge in [0.05, 0.1) is 6.10 Å². The van der Waals surface area contributed by atoms with Gasteiger partial charge in [-0.25, -0.2) is 0 Å². The monoisotopic (exact) mass is 163 g/mol. The summed E-state index contributed by atoms with van der Waals surface area (Å²) in [6.45, 7) is 3.50. The average Bonchev–Trinajstić information content (AvgIpc) is 2.25. The van der Waals surface area contributed by atoms with Crippen molar-refractivity contribution in [2.45, 2.75) is 18.9 Å². The quantitative estimate of drug-likeness (QED) is 0.562. The molecular weight excluding hydrogens is 150 g/mol. The third kappa shape index (κ3) is 1.29. The Kier molecular flexibility index (Phi) is 2.55. The van der Waals surface area contributed by atoms with Crippen LogP contribution in [0.15, 0.2) is 0 Å². The van der Waals surface area contributed by atoms with Gasteiger partial charge in [-0.3, -0.25) is 0 Å². The van der Waals surface area contributed by atoms with Crippen LogP contribution in [0.2, 0.25) is 0 Å². The molecule has 0 aromatic heterocycles. The Morgan fingerprint density at radius 3 is 2.60 bits per heavy atom. The van der Waals surface area contributed by atoms with Crippen molar-refractivity contribution in [3.8, 4) is 0 Å². The number of hydrogen-bond acceptors (Lipinski definition) is 2. The molecule has 2 aliphatic rings. The summed E-state index contributed by atoms with van der Waals surface area (Å²) in [7, 11) is 0. The van der Waals surface area contributed by atoms with Gasteiger partial charge < -0.3 is 10.0 Å². The van der Waals surface area contributed by atoms with Crippen molar-refractivity contribution < 1.29 is 5.11 Å². The van der Waals surface area contributed by atoms with E-state index < -0.39 is 0 Å². The summed E-state index contributed by atoms with van der Waals surface area (Å²) >= 11 is 0. The molecule has 2 fully saturated rings. The lowest BCUT2D eigenvalue weighted by Gasteiger charge is -2.26. The molecule has 2 rings (SSSR count). The van der Waals surface area contributed by atoms with Crippen LogP contribution in [0.1, 0.15) is 12.8 Å². The van der Waals surface area contributed by atoms with Crippen LogP contribution in [0.4, 0.5) is 0 Å². The molecule has 0 saturated carbocycles. The van der Waals surface area contributed by atoms with Crippen LogP contribution in [0.3, 0.4) is 0 Å². The summed E-state index contributed by atoms with van der Waals surface area (Å²) in [6, 6.07) is 0. The van der Waals surface area contributed by atoms with E-state index in [1.165, 1.54) is 13.0 Å². The first-order valence-electron chi connectivity index (χ1n) is 3.76. The summed E-state index contributed by atoms with van der Waals surface area (Å²) in [5, 5.41) is 9.37. The van der Waals surface area contributed by atoms with Gasteiger partial charge in [-0.05, 0) is 25.3 Å². The van der Waals surface area contributed by atoms with Crippen molar-refractivity contribution in [3.05, 3.63) is 0 Å². The third-order valence-electron chi connectivity index (χ3n) is 2.59. The van der Waals surface area contributed by atoms with E-state index in [9.17, 15) is 5.11 Å². The van der Waals surface area contributed by atoms with E-state index >= 15 is 0 Å². The molecule has 0 radical (unpaired) electrons.